The number of aromatic nitrogens is 1. The first kappa shape index (κ1) is 14.0. The van der Waals surface area contributed by atoms with Gasteiger partial charge in [-0.05, 0) is 18.6 Å². The van der Waals surface area contributed by atoms with Gasteiger partial charge in [0.15, 0.2) is 0 Å². The van der Waals surface area contributed by atoms with E-state index in [1.165, 1.54) is 0 Å². The lowest BCUT2D eigenvalue weighted by Crippen LogP contribution is -2.11. The van der Waals surface area contributed by atoms with Crippen LogP contribution in [0.5, 0.6) is 0 Å². The molecule has 100 valence electrons. The number of fused-ring (bicyclic) bond motifs is 1. The average molecular weight is 321 g/mol. The first-order valence-electron chi connectivity index (χ1n) is 6.28. The minimum atomic E-state index is 0.667. The van der Waals surface area contributed by atoms with Crippen LogP contribution in [0.2, 0.25) is 0 Å². The summed E-state index contributed by atoms with van der Waals surface area (Å²) in [5.74, 6) is 0.895. The Morgan fingerprint density at radius 3 is 3.00 bits per heavy atom. The van der Waals surface area contributed by atoms with E-state index in [1.54, 1.807) is 0 Å². The molecule has 0 aliphatic heterocycles. The van der Waals surface area contributed by atoms with Gasteiger partial charge in [0.1, 0.15) is 5.82 Å². The zero-order chi connectivity index (χ0) is 13.5. The first-order chi connectivity index (χ1) is 9.33. The van der Waals surface area contributed by atoms with E-state index < -0.39 is 0 Å². The van der Waals surface area contributed by atoms with Crippen LogP contribution in [-0.4, -0.2) is 24.7 Å². The Morgan fingerprint density at radius 1 is 1.26 bits per heavy atom. The number of rotatable bonds is 7. The SMILES string of the molecule is C=CCCOCCNc1nccc2c(Br)cccc12. The van der Waals surface area contributed by atoms with Crippen molar-refractivity contribution in [2.24, 2.45) is 0 Å². The van der Waals surface area contributed by atoms with Crippen LogP contribution in [0.4, 0.5) is 5.82 Å². The summed E-state index contributed by atoms with van der Waals surface area (Å²) in [7, 11) is 0. The van der Waals surface area contributed by atoms with E-state index in [-0.39, 0.29) is 0 Å². The molecule has 0 spiro atoms. The van der Waals surface area contributed by atoms with Gasteiger partial charge in [0.25, 0.3) is 0 Å². The summed E-state index contributed by atoms with van der Waals surface area (Å²) in [6.07, 6.45) is 4.56. The molecule has 0 saturated carbocycles. The highest BCUT2D eigenvalue weighted by molar-refractivity contribution is 9.10. The summed E-state index contributed by atoms with van der Waals surface area (Å²) in [5, 5.41) is 5.58. The number of ether oxygens (including phenoxy) is 1. The Kier molecular flexibility index (Phi) is 5.36. The second kappa shape index (κ2) is 7.26. The number of hydrogen-bond donors (Lipinski definition) is 1. The van der Waals surface area contributed by atoms with Crippen LogP contribution in [0, 0.1) is 0 Å². The number of halogens is 1. The Morgan fingerprint density at radius 2 is 2.16 bits per heavy atom. The normalized spacial score (nSPS) is 10.6. The number of benzene rings is 1. The molecule has 2 aromatic rings. The van der Waals surface area contributed by atoms with Crippen LogP contribution in [0.1, 0.15) is 6.42 Å². The molecule has 0 fully saturated rings. The van der Waals surface area contributed by atoms with Crippen molar-refractivity contribution in [3.8, 4) is 0 Å². The maximum atomic E-state index is 5.46. The summed E-state index contributed by atoms with van der Waals surface area (Å²) in [6, 6.07) is 8.11. The van der Waals surface area contributed by atoms with E-state index in [2.05, 4.69) is 38.9 Å². The van der Waals surface area contributed by atoms with Gasteiger partial charge >= 0.3 is 0 Å². The molecule has 2 rings (SSSR count). The summed E-state index contributed by atoms with van der Waals surface area (Å²) in [6.45, 7) is 5.79. The van der Waals surface area contributed by atoms with Crippen LogP contribution in [0.25, 0.3) is 10.8 Å². The molecular weight excluding hydrogens is 304 g/mol. The molecule has 0 saturated heterocycles. The highest BCUT2D eigenvalue weighted by Gasteiger charge is 2.03. The summed E-state index contributed by atoms with van der Waals surface area (Å²) in [4.78, 5) is 4.38. The van der Waals surface area contributed by atoms with Gasteiger partial charge in [-0.1, -0.05) is 34.1 Å². The van der Waals surface area contributed by atoms with Gasteiger partial charge in [-0.25, -0.2) is 4.98 Å². The standard InChI is InChI=1S/C15H17BrN2O/c1-2-3-10-19-11-9-18-15-13-5-4-6-14(16)12(13)7-8-17-15/h2,4-8H,1,3,9-11H2,(H,17,18). The number of nitrogens with one attached hydrogen (secondary N) is 1. The van der Waals surface area contributed by atoms with Crippen molar-refractivity contribution in [3.63, 3.8) is 0 Å². The van der Waals surface area contributed by atoms with Crippen molar-refractivity contribution < 1.29 is 4.74 Å². The molecule has 0 aliphatic rings. The van der Waals surface area contributed by atoms with Gasteiger partial charge in [0.05, 0.1) is 13.2 Å². The molecule has 3 nitrogen and oxygen atoms in total. The highest BCUT2D eigenvalue weighted by atomic mass is 79.9. The molecule has 0 atom stereocenters. The zero-order valence-corrected chi connectivity index (χ0v) is 12.3. The second-order valence-corrected chi connectivity index (χ2v) is 4.97. The van der Waals surface area contributed by atoms with Crippen molar-refractivity contribution >= 4 is 32.5 Å². The fourth-order valence-electron chi connectivity index (χ4n) is 1.82. The average Bonchev–Trinajstić information content (AvgIpc) is 2.43. The summed E-state index contributed by atoms with van der Waals surface area (Å²) >= 11 is 3.55. The summed E-state index contributed by atoms with van der Waals surface area (Å²) < 4.78 is 6.54. The molecule has 0 unspecified atom stereocenters. The minimum Gasteiger partial charge on any atom is -0.379 e. The molecule has 0 bridgehead atoms. The summed E-state index contributed by atoms with van der Waals surface area (Å²) in [5.41, 5.74) is 0. The van der Waals surface area contributed by atoms with Gasteiger partial charge in [0, 0.05) is 28.0 Å². The molecule has 0 radical (unpaired) electrons. The largest absolute Gasteiger partial charge is 0.379 e. The second-order valence-electron chi connectivity index (χ2n) is 4.11. The van der Waals surface area contributed by atoms with Crippen LogP contribution in [0.3, 0.4) is 0 Å². The van der Waals surface area contributed by atoms with Crippen LogP contribution < -0.4 is 5.32 Å². The highest BCUT2D eigenvalue weighted by Crippen LogP contribution is 2.27. The Labute approximate surface area is 121 Å². The van der Waals surface area contributed by atoms with Gasteiger partial charge < -0.3 is 10.1 Å². The van der Waals surface area contributed by atoms with Gasteiger partial charge in [-0.3, -0.25) is 0 Å². The van der Waals surface area contributed by atoms with E-state index in [0.29, 0.717) is 6.61 Å². The lowest BCUT2D eigenvalue weighted by molar-refractivity contribution is 0.149. The van der Waals surface area contributed by atoms with Crippen molar-refractivity contribution in [2.45, 2.75) is 6.42 Å². The third-order valence-electron chi connectivity index (χ3n) is 2.76. The quantitative estimate of drug-likeness (QED) is 0.618. The van der Waals surface area contributed by atoms with Crippen molar-refractivity contribution in [2.75, 3.05) is 25.1 Å². The minimum absolute atomic E-state index is 0.667. The van der Waals surface area contributed by atoms with Crippen LogP contribution in [0.15, 0.2) is 47.6 Å². The first-order valence-corrected chi connectivity index (χ1v) is 7.08. The van der Waals surface area contributed by atoms with E-state index in [1.807, 2.05) is 30.5 Å². The zero-order valence-electron chi connectivity index (χ0n) is 10.7. The molecule has 1 aromatic carbocycles. The molecular formula is C15H17BrN2O. The van der Waals surface area contributed by atoms with Gasteiger partial charge in [-0.2, -0.15) is 0 Å². The molecule has 1 aromatic heterocycles. The fourth-order valence-corrected chi connectivity index (χ4v) is 2.32. The fraction of sp³-hybridized carbons (Fsp3) is 0.267. The van der Waals surface area contributed by atoms with Gasteiger partial charge in [-0.15, -0.1) is 6.58 Å². The van der Waals surface area contributed by atoms with Crippen molar-refractivity contribution in [1.29, 1.82) is 0 Å². The molecule has 4 heteroatoms. The number of pyridine rings is 1. The number of anilines is 1. The molecule has 0 aliphatic carbocycles. The predicted octanol–water partition coefficient (Wildman–Crippen LogP) is 4.00. The molecule has 19 heavy (non-hydrogen) atoms. The number of hydrogen-bond acceptors (Lipinski definition) is 3. The van der Waals surface area contributed by atoms with E-state index in [9.17, 15) is 0 Å². The molecule has 0 amide bonds. The smallest absolute Gasteiger partial charge is 0.133 e. The van der Waals surface area contributed by atoms with Crippen LogP contribution >= 0.6 is 15.9 Å². The van der Waals surface area contributed by atoms with Crippen LogP contribution in [-0.2, 0) is 4.74 Å². The third-order valence-corrected chi connectivity index (χ3v) is 3.45. The van der Waals surface area contributed by atoms with Crippen molar-refractivity contribution in [3.05, 3.63) is 47.6 Å². The maximum Gasteiger partial charge on any atom is 0.133 e. The maximum absolute atomic E-state index is 5.46. The Bertz CT molecular complexity index is 557. The van der Waals surface area contributed by atoms with E-state index >= 15 is 0 Å². The van der Waals surface area contributed by atoms with E-state index in [4.69, 9.17) is 4.74 Å². The lowest BCUT2D eigenvalue weighted by atomic mass is 10.1. The Hall–Kier alpha value is -1.39. The van der Waals surface area contributed by atoms with Crippen molar-refractivity contribution in [1.82, 2.24) is 4.98 Å². The monoisotopic (exact) mass is 320 g/mol. The lowest BCUT2D eigenvalue weighted by Gasteiger charge is -2.09. The number of nitrogens with zero attached hydrogens (tertiary/aromatic N) is 1. The Balaban J connectivity index is 1.97. The predicted molar refractivity (Wildman–Crippen MR) is 83.6 cm³/mol. The molecule has 1 heterocycles. The molecule has 1 N–H and O–H groups in total. The van der Waals surface area contributed by atoms with Gasteiger partial charge in [0.2, 0.25) is 0 Å². The van der Waals surface area contributed by atoms with E-state index in [0.717, 1.165) is 40.6 Å². The topological polar surface area (TPSA) is 34.1 Å². The third kappa shape index (κ3) is 3.78.